The van der Waals surface area contributed by atoms with Gasteiger partial charge in [-0.25, -0.2) is 4.57 Å². The highest BCUT2D eigenvalue weighted by Crippen LogP contribution is 2.28. The van der Waals surface area contributed by atoms with Gasteiger partial charge in [0.05, 0.1) is 5.69 Å². The minimum absolute atomic E-state index is 0.0225. The molecule has 0 spiro atoms. The molecule has 0 radical (unpaired) electrons. The molecule has 174 valence electrons. The Balaban J connectivity index is 1.74. The first-order valence-corrected chi connectivity index (χ1v) is 12.7. The molecule has 0 unspecified atom stereocenters. The summed E-state index contributed by atoms with van der Waals surface area (Å²) in [7, 11) is 2.21. The minimum Gasteiger partial charge on any atom is -0.262 e. The van der Waals surface area contributed by atoms with Gasteiger partial charge in [-0.1, -0.05) is 88.9 Å². The number of fused-ring (bicyclic) bond motifs is 8. The van der Waals surface area contributed by atoms with Gasteiger partial charge >= 0.3 is 6.71 Å². The molecule has 1 aliphatic rings. The quantitative estimate of drug-likeness (QED) is 0.257. The van der Waals surface area contributed by atoms with E-state index >= 15 is 0 Å². The molecule has 3 aromatic carbocycles. The Bertz CT molecular complexity index is 1600. The number of benzene rings is 3. The van der Waals surface area contributed by atoms with Crippen LogP contribution < -0.4 is 21.2 Å². The van der Waals surface area contributed by atoms with Gasteiger partial charge in [-0.05, 0) is 62.6 Å². The molecule has 2 aromatic heterocycles. The highest BCUT2D eigenvalue weighted by molar-refractivity contribution is 6.94. The number of aryl methyl sites for hydroxylation is 3. The van der Waals surface area contributed by atoms with E-state index in [1.54, 1.807) is 0 Å². The maximum atomic E-state index is 5.35. The third-order valence-electron chi connectivity index (χ3n) is 7.63. The Kier molecular flexibility index (Phi) is 5.57. The summed E-state index contributed by atoms with van der Waals surface area (Å²) in [6.07, 6.45) is 0.863. The lowest BCUT2D eigenvalue weighted by molar-refractivity contribution is -0.642. The number of rotatable bonds is 1. The second-order valence-electron chi connectivity index (χ2n) is 10.1. The average molecular weight is 465 g/mol. The van der Waals surface area contributed by atoms with Crippen LogP contribution >= 0.6 is 0 Å². The van der Waals surface area contributed by atoms with Crippen molar-refractivity contribution in [2.45, 2.75) is 27.2 Å². The van der Waals surface area contributed by atoms with Crippen LogP contribution in [0.3, 0.4) is 0 Å². The highest BCUT2D eigenvalue weighted by atomic mass is 14.9. The molecule has 2 nitrogen and oxygen atoms in total. The summed E-state index contributed by atoms with van der Waals surface area (Å²) in [5, 5.41) is 0. The first-order chi connectivity index (χ1) is 17.5. The van der Waals surface area contributed by atoms with Gasteiger partial charge in [-0.2, -0.15) is 0 Å². The van der Waals surface area contributed by atoms with E-state index in [1.807, 2.05) is 0 Å². The number of aromatic nitrogens is 2. The van der Waals surface area contributed by atoms with Crippen LogP contribution in [0, 0.1) is 20.8 Å². The predicted molar refractivity (Wildman–Crippen MR) is 151 cm³/mol. The first kappa shape index (κ1) is 22.5. The first-order valence-electron chi connectivity index (χ1n) is 12.7. The zero-order valence-corrected chi connectivity index (χ0v) is 21.4. The fourth-order valence-electron chi connectivity index (χ4n) is 6.07. The standard InChI is InChI=1S/C33H30BN2/c1-22-19-23(2)33(24(3)20-22)34-31-17-9-15-29(35-31)27-13-7-5-11-25(27)21-26-12-6-8-14-28(26)30-16-10-18-32(34)36(30)4/h5-20H,21H2,1-4H3/q+1. The third kappa shape index (κ3) is 3.76. The molecule has 6 rings (SSSR count). The van der Waals surface area contributed by atoms with Crippen molar-refractivity contribution < 1.29 is 4.57 Å². The highest BCUT2D eigenvalue weighted by Gasteiger charge is 2.35. The van der Waals surface area contributed by atoms with E-state index in [4.69, 9.17) is 4.98 Å². The predicted octanol–water partition coefficient (Wildman–Crippen LogP) is 4.59. The van der Waals surface area contributed by atoms with Crippen molar-refractivity contribution in [1.29, 1.82) is 0 Å². The second kappa shape index (κ2) is 8.91. The molecule has 0 aliphatic carbocycles. The van der Waals surface area contributed by atoms with Crippen LogP contribution in [-0.4, -0.2) is 11.7 Å². The summed E-state index contributed by atoms with van der Waals surface area (Å²) < 4.78 is 2.38. The van der Waals surface area contributed by atoms with Gasteiger partial charge < -0.3 is 0 Å². The number of pyridine rings is 2. The van der Waals surface area contributed by atoms with Crippen molar-refractivity contribution in [3.63, 3.8) is 0 Å². The smallest absolute Gasteiger partial charge is 0.262 e. The Morgan fingerprint density at radius 2 is 1.33 bits per heavy atom. The van der Waals surface area contributed by atoms with E-state index in [0.29, 0.717) is 0 Å². The molecule has 0 saturated heterocycles. The minimum atomic E-state index is 0.0225. The van der Waals surface area contributed by atoms with Gasteiger partial charge in [0.25, 0.3) is 0 Å². The number of hydrogen-bond acceptors (Lipinski definition) is 1. The van der Waals surface area contributed by atoms with Crippen LogP contribution in [0.5, 0.6) is 0 Å². The molecule has 0 atom stereocenters. The van der Waals surface area contributed by atoms with Crippen LogP contribution in [0.25, 0.3) is 22.5 Å². The number of nitrogens with zero attached hydrogens (tertiary/aromatic N) is 2. The van der Waals surface area contributed by atoms with Crippen LogP contribution in [0.1, 0.15) is 27.8 Å². The Hall–Kier alpha value is -3.98. The van der Waals surface area contributed by atoms with Crippen molar-refractivity contribution in [3.8, 4) is 22.5 Å². The zero-order chi connectivity index (χ0) is 24.8. The lowest BCUT2D eigenvalue weighted by atomic mass is 9.38. The molecule has 0 saturated carbocycles. The van der Waals surface area contributed by atoms with Gasteiger partial charge in [-0.3, -0.25) is 4.98 Å². The van der Waals surface area contributed by atoms with Gasteiger partial charge in [0.2, 0.25) is 5.69 Å². The SMILES string of the molecule is Cc1cc(C)c(B2c3cccc(n3)-c3ccccc3Cc3ccccc3-c3cccc2[n+]3C)c(C)c1. The Labute approximate surface area is 214 Å². The molecule has 3 heterocycles. The van der Waals surface area contributed by atoms with E-state index in [-0.39, 0.29) is 6.71 Å². The van der Waals surface area contributed by atoms with E-state index < -0.39 is 0 Å². The fourth-order valence-corrected chi connectivity index (χ4v) is 6.07. The Morgan fingerprint density at radius 1 is 0.694 bits per heavy atom. The molecule has 0 N–H and O–H groups in total. The summed E-state index contributed by atoms with van der Waals surface area (Å²) in [5.41, 5.74) is 15.0. The van der Waals surface area contributed by atoms with Crippen molar-refractivity contribution in [2.75, 3.05) is 0 Å². The fraction of sp³-hybridized carbons (Fsp3) is 0.152. The van der Waals surface area contributed by atoms with E-state index in [0.717, 1.165) is 17.7 Å². The maximum absolute atomic E-state index is 5.35. The molecule has 5 aromatic rings. The molecule has 0 amide bonds. The molecule has 1 aliphatic heterocycles. The molecular weight excluding hydrogens is 435 g/mol. The molecule has 0 fully saturated rings. The summed E-state index contributed by atoms with van der Waals surface area (Å²) >= 11 is 0. The van der Waals surface area contributed by atoms with Gasteiger partial charge in [-0.15, -0.1) is 0 Å². The van der Waals surface area contributed by atoms with E-state index in [9.17, 15) is 0 Å². The molecule has 3 heteroatoms. The van der Waals surface area contributed by atoms with Gasteiger partial charge in [0.1, 0.15) is 12.6 Å². The summed E-state index contributed by atoms with van der Waals surface area (Å²) in [4.78, 5) is 5.35. The number of hydrogen-bond donors (Lipinski definition) is 0. The van der Waals surface area contributed by atoms with Crippen molar-refractivity contribution >= 4 is 23.4 Å². The van der Waals surface area contributed by atoms with Crippen LogP contribution in [0.15, 0.2) is 97.1 Å². The Morgan fingerprint density at radius 3 is 2.08 bits per heavy atom. The van der Waals surface area contributed by atoms with Crippen molar-refractivity contribution in [1.82, 2.24) is 4.98 Å². The van der Waals surface area contributed by atoms with Crippen LogP contribution in [-0.2, 0) is 13.5 Å². The molecule has 4 bridgehead atoms. The molecule has 36 heavy (non-hydrogen) atoms. The largest absolute Gasteiger partial charge is 0.347 e. The summed E-state index contributed by atoms with van der Waals surface area (Å²) in [5.74, 6) is 0. The summed E-state index contributed by atoms with van der Waals surface area (Å²) in [6, 6.07) is 35.4. The maximum Gasteiger partial charge on any atom is 0.347 e. The van der Waals surface area contributed by atoms with Crippen LogP contribution in [0.4, 0.5) is 0 Å². The second-order valence-corrected chi connectivity index (χ2v) is 10.1. The van der Waals surface area contributed by atoms with Gasteiger partial charge in [0, 0.05) is 22.8 Å². The van der Waals surface area contributed by atoms with E-state index in [2.05, 4.69) is 129 Å². The normalized spacial score (nSPS) is 12.3. The monoisotopic (exact) mass is 465 g/mol. The van der Waals surface area contributed by atoms with Crippen molar-refractivity contribution in [3.05, 3.63) is 125 Å². The van der Waals surface area contributed by atoms with Crippen molar-refractivity contribution in [2.24, 2.45) is 7.05 Å². The van der Waals surface area contributed by atoms with Crippen LogP contribution in [0.2, 0.25) is 0 Å². The topological polar surface area (TPSA) is 16.8 Å². The summed E-state index contributed by atoms with van der Waals surface area (Å²) in [6.45, 7) is 6.68. The average Bonchev–Trinajstić information content (AvgIpc) is 2.87. The lowest BCUT2D eigenvalue weighted by Gasteiger charge is -2.21. The molecular formula is C33H30BN2+. The third-order valence-corrected chi connectivity index (χ3v) is 7.63. The van der Waals surface area contributed by atoms with Gasteiger partial charge in [0.15, 0.2) is 0 Å². The van der Waals surface area contributed by atoms with E-state index in [1.165, 1.54) is 55.7 Å². The zero-order valence-electron chi connectivity index (χ0n) is 21.4. The lowest BCUT2D eigenvalue weighted by Crippen LogP contribution is -2.66.